The summed E-state index contributed by atoms with van der Waals surface area (Å²) in [6.45, 7) is 9.69. The summed E-state index contributed by atoms with van der Waals surface area (Å²) >= 11 is 0. The molecule has 3 rings (SSSR count). The number of likely N-dealkylation sites (tertiary alicyclic amines) is 1. The van der Waals surface area contributed by atoms with Crippen molar-refractivity contribution >= 4 is 5.91 Å². The van der Waals surface area contributed by atoms with Gasteiger partial charge in [-0.15, -0.1) is 0 Å². The van der Waals surface area contributed by atoms with Crippen LogP contribution < -0.4 is 5.32 Å². The van der Waals surface area contributed by atoms with Gasteiger partial charge in [0.25, 0.3) is 0 Å². The number of ether oxygens (including phenoxy) is 1. The number of aromatic nitrogens is 2. The number of rotatable bonds is 5. The summed E-state index contributed by atoms with van der Waals surface area (Å²) in [6.07, 6.45) is -1.16. The van der Waals surface area contributed by atoms with Gasteiger partial charge < -0.3 is 15.0 Å². The van der Waals surface area contributed by atoms with Crippen LogP contribution in [0.4, 0.5) is 13.2 Å². The van der Waals surface area contributed by atoms with Gasteiger partial charge in [0.05, 0.1) is 18.7 Å². The minimum Gasteiger partial charge on any atom is -0.381 e. The van der Waals surface area contributed by atoms with Crippen molar-refractivity contribution in [2.24, 2.45) is 16.7 Å². The van der Waals surface area contributed by atoms with Gasteiger partial charge >= 0.3 is 6.18 Å². The van der Waals surface area contributed by atoms with E-state index >= 15 is 0 Å². The zero-order valence-electron chi connectivity index (χ0n) is 17.4. The van der Waals surface area contributed by atoms with Gasteiger partial charge in [0.1, 0.15) is 11.5 Å². The number of carbonyl (C=O) groups excluding carboxylic acids is 1. The van der Waals surface area contributed by atoms with Gasteiger partial charge in [-0.05, 0) is 24.7 Å². The lowest BCUT2D eigenvalue weighted by Crippen LogP contribution is -2.44. The van der Waals surface area contributed by atoms with Crippen molar-refractivity contribution < 1.29 is 22.7 Å². The van der Waals surface area contributed by atoms with Crippen LogP contribution in [0.5, 0.6) is 0 Å². The van der Waals surface area contributed by atoms with Crippen LogP contribution in [0, 0.1) is 16.7 Å². The zero-order valence-corrected chi connectivity index (χ0v) is 17.4. The number of nitrogens with zero attached hydrogens (tertiary/aromatic N) is 2. The lowest BCUT2D eigenvalue weighted by molar-refractivity contribution is -0.141. The van der Waals surface area contributed by atoms with E-state index in [9.17, 15) is 18.0 Å². The minimum atomic E-state index is -4.44. The molecule has 0 radical (unpaired) electrons. The first kappa shape index (κ1) is 22.1. The number of aromatic amines is 1. The normalized spacial score (nSPS) is 22.9. The Kier molecular flexibility index (Phi) is 6.29. The van der Waals surface area contributed by atoms with Crippen LogP contribution in [-0.4, -0.2) is 53.6 Å². The van der Waals surface area contributed by atoms with E-state index in [1.165, 1.54) is 0 Å². The predicted molar refractivity (Wildman–Crippen MR) is 102 cm³/mol. The first-order chi connectivity index (χ1) is 13.5. The fourth-order valence-corrected chi connectivity index (χ4v) is 4.32. The van der Waals surface area contributed by atoms with Crippen LogP contribution in [0.1, 0.15) is 51.6 Å². The third kappa shape index (κ3) is 5.51. The lowest BCUT2D eigenvalue weighted by atomic mass is 9.71. The average molecular weight is 416 g/mol. The molecule has 164 valence electrons. The number of hydrogen-bond donors (Lipinski definition) is 2. The van der Waals surface area contributed by atoms with Crippen LogP contribution in [0.3, 0.4) is 0 Å². The Morgan fingerprint density at radius 1 is 1.34 bits per heavy atom. The topological polar surface area (TPSA) is 70.2 Å². The number of imidazole rings is 1. The van der Waals surface area contributed by atoms with E-state index in [0.29, 0.717) is 32.8 Å². The Hall–Kier alpha value is -1.61. The Morgan fingerprint density at radius 3 is 2.62 bits per heavy atom. The Balaban J connectivity index is 1.67. The SMILES string of the molecule is CC(C)(C)CCNC(=O)[C@@H]1CN(Cc2ncc(C(F)(F)F)[nH]2)CC12CCOCC2. The van der Waals surface area contributed by atoms with Gasteiger partial charge in [0, 0.05) is 38.3 Å². The molecule has 9 heteroatoms. The molecule has 1 amide bonds. The molecule has 2 saturated heterocycles. The van der Waals surface area contributed by atoms with Gasteiger partial charge in [-0.25, -0.2) is 4.98 Å². The summed E-state index contributed by atoms with van der Waals surface area (Å²) < 4.78 is 44.0. The van der Waals surface area contributed by atoms with Gasteiger partial charge in [-0.1, -0.05) is 20.8 Å². The largest absolute Gasteiger partial charge is 0.432 e. The molecule has 0 aromatic carbocycles. The van der Waals surface area contributed by atoms with Crippen molar-refractivity contribution in [3.8, 4) is 0 Å². The van der Waals surface area contributed by atoms with E-state index in [1.54, 1.807) is 0 Å². The summed E-state index contributed by atoms with van der Waals surface area (Å²) in [5.74, 6) is 0.116. The molecule has 1 spiro atoms. The number of H-pyrrole nitrogens is 1. The zero-order chi connectivity index (χ0) is 21.3. The molecule has 1 atom stereocenters. The van der Waals surface area contributed by atoms with E-state index in [1.807, 2.05) is 4.90 Å². The van der Waals surface area contributed by atoms with E-state index in [0.717, 1.165) is 25.5 Å². The standard InChI is InChI=1S/C20H31F3N4O2/c1-18(2,3)4-7-24-17(28)14-11-27(13-19(14)5-8-29-9-6-19)12-16-25-10-15(26-16)20(21,22)23/h10,14H,4-9,11-13H2,1-3H3,(H,24,28)(H,25,26)/t14-/m0/s1. The van der Waals surface area contributed by atoms with Crippen molar-refractivity contribution in [2.75, 3.05) is 32.8 Å². The molecule has 2 fully saturated rings. The second-order valence-corrected chi connectivity index (χ2v) is 9.54. The maximum atomic E-state index is 13.0. The highest BCUT2D eigenvalue weighted by atomic mass is 19.4. The second kappa shape index (κ2) is 8.26. The summed E-state index contributed by atoms with van der Waals surface area (Å²) in [6, 6.07) is 0. The fourth-order valence-electron chi connectivity index (χ4n) is 4.32. The third-order valence-electron chi connectivity index (χ3n) is 6.00. The molecule has 1 aromatic rings. The molecular formula is C20H31F3N4O2. The molecular weight excluding hydrogens is 385 g/mol. The van der Waals surface area contributed by atoms with Gasteiger partial charge in [0.15, 0.2) is 0 Å². The smallest absolute Gasteiger partial charge is 0.381 e. The number of carbonyl (C=O) groups is 1. The highest BCUT2D eigenvalue weighted by Crippen LogP contribution is 2.44. The third-order valence-corrected chi connectivity index (χ3v) is 6.00. The molecule has 2 N–H and O–H groups in total. The predicted octanol–water partition coefficient (Wildman–Crippen LogP) is 3.21. The van der Waals surface area contributed by atoms with Crippen LogP contribution >= 0.6 is 0 Å². The number of alkyl halides is 3. The van der Waals surface area contributed by atoms with Crippen LogP contribution in [0.15, 0.2) is 6.20 Å². The van der Waals surface area contributed by atoms with Crippen LogP contribution in [-0.2, 0) is 22.3 Å². The summed E-state index contributed by atoms with van der Waals surface area (Å²) in [5, 5.41) is 3.08. The molecule has 1 aromatic heterocycles. The molecule has 29 heavy (non-hydrogen) atoms. The Bertz CT molecular complexity index is 705. The number of halogens is 3. The number of hydrogen-bond acceptors (Lipinski definition) is 4. The molecule has 0 saturated carbocycles. The van der Waals surface area contributed by atoms with Gasteiger partial charge in [-0.2, -0.15) is 13.2 Å². The lowest BCUT2D eigenvalue weighted by Gasteiger charge is -2.37. The molecule has 0 unspecified atom stereocenters. The van der Waals surface area contributed by atoms with Crippen LogP contribution in [0.25, 0.3) is 0 Å². The molecule has 3 heterocycles. The van der Waals surface area contributed by atoms with Crippen molar-refractivity contribution in [3.63, 3.8) is 0 Å². The molecule has 6 nitrogen and oxygen atoms in total. The minimum absolute atomic E-state index is 0.0362. The maximum absolute atomic E-state index is 13.0. The highest BCUT2D eigenvalue weighted by Gasteiger charge is 2.50. The fraction of sp³-hybridized carbons (Fsp3) is 0.800. The average Bonchev–Trinajstić information content (AvgIpc) is 3.20. The quantitative estimate of drug-likeness (QED) is 0.773. The van der Waals surface area contributed by atoms with E-state index in [2.05, 4.69) is 36.1 Å². The van der Waals surface area contributed by atoms with Gasteiger partial charge in [-0.3, -0.25) is 9.69 Å². The van der Waals surface area contributed by atoms with E-state index in [-0.39, 0.29) is 35.0 Å². The van der Waals surface area contributed by atoms with Crippen molar-refractivity contribution in [1.82, 2.24) is 20.2 Å². The molecule has 0 aliphatic carbocycles. The number of nitrogens with one attached hydrogen (secondary N) is 2. The maximum Gasteiger partial charge on any atom is 0.432 e. The van der Waals surface area contributed by atoms with E-state index in [4.69, 9.17) is 4.74 Å². The van der Waals surface area contributed by atoms with Crippen molar-refractivity contribution in [3.05, 3.63) is 17.7 Å². The molecule has 2 aliphatic heterocycles. The second-order valence-electron chi connectivity index (χ2n) is 9.54. The van der Waals surface area contributed by atoms with Crippen molar-refractivity contribution in [2.45, 2.75) is 52.8 Å². The summed E-state index contributed by atoms with van der Waals surface area (Å²) in [4.78, 5) is 21.3. The van der Waals surface area contributed by atoms with Crippen molar-refractivity contribution in [1.29, 1.82) is 0 Å². The summed E-state index contributed by atoms with van der Waals surface area (Å²) in [7, 11) is 0. The first-order valence-corrected chi connectivity index (χ1v) is 10.2. The van der Waals surface area contributed by atoms with E-state index < -0.39 is 11.9 Å². The Labute approximate surface area is 169 Å². The highest BCUT2D eigenvalue weighted by molar-refractivity contribution is 5.80. The Morgan fingerprint density at radius 2 is 2.03 bits per heavy atom. The van der Waals surface area contributed by atoms with Crippen LogP contribution in [0.2, 0.25) is 0 Å². The first-order valence-electron chi connectivity index (χ1n) is 10.2. The summed E-state index contributed by atoms with van der Waals surface area (Å²) in [5.41, 5.74) is -0.895. The number of amides is 1. The van der Waals surface area contributed by atoms with Gasteiger partial charge in [0.2, 0.25) is 5.91 Å². The molecule has 2 aliphatic rings. The monoisotopic (exact) mass is 416 g/mol. The molecule has 0 bridgehead atoms.